The maximum atomic E-state index is 12.5. The molecule has 1 unspecified atom stereocenters. The Balaban J connectivity index is 1.41. The zero-order valence-electron chi connectivity index (χ0n) is 14.5. The van der Waals surface area contributed by atoms with Crippen LogP contribution in [0.4, 0.5) is 0 Å². The molecule has 3 rings (SSSR count). The van der Waals surface area contributed by atoms with Gasteiger partial charge in [0.05, 0.1) is 6.61 Å². The second kappa shape index (κ2) is 8.55. The second-order valence-corrected chi connectivity index (χ2v) is 6.66. The number of likely N-dealkylation sites (N-methyl/N-ethyl adjacent to an activating group) is 1. The summed E-state index contributed by atoms with van der Waals surface area (Å²) in [4.78, 5) is 21.3. The SMILES string of the molecule is CN(C(=O)C1CNCCO1)C1CCN(CCc2ccccn2)CC1. The lowest BCUT2D eigenvalue weighted by Gasteiger charge is -2.38. The van der Waals surface area contributed by atoms with E-state index in [1.165, 1.54) is 0 Å². The highest BCUT2D eigenvalue weighted by Crippen LogP contribution is 2.17. The predicted molar refractivity (Wildman–Crippen MR) is 92.8 cm³/mol. The molecule has 1 aromatic heterocycles. The summed E-state index contributed by atoms with van der Waals surface area (Å²) in [6, 6.07) is 6.40. The van der Waals surface area contributed by atoms with Gasteiger partial charge in [-0.25, -0.2) is 0 Å². The normalized spacial score (nSPS) is 23.1. The molecule has 3 heterocycles. The van der Waals surface area contributed by atoms with E-state index in [-0.39, 0.29) is 12.0 Å². The number of ether oxygens (including phenoxy) is 1. The van der Waals surface area contributed by atoms with Gasteiger partial charge in [-0.2, -0.15) is 0 Å². The van der Waals surface area contributed by atoms with E-state index in [9.17, 15) is 4.79 Å². The van der Waals surface area contributed by atoms with Crippen LogP contribution in [-0.4, -0.2) is 79.2 Å². The zero-order chi connectivity index (χ0) is 16.8. The summed E-state index contributed by atoms with van der Waals surface area (Å²) < 4.78 is 5.59. The van der Waals surface area contributed by atoms with Crippen LogP contribution in [0, 0.1) is 0 Å². The number of nitrogens with zero attached hydrogens (tertiary/aromatic N) is 3. The smallest absolute Gasteiger partial charge is 0.253 e. The van der Waals surface area contributed by atoms with Crippen LogP contribution in [0.5, 0.6) is 0 Å². The topological polar surface area (TPSA) is 57.7 Å². The summed E-state index contributed by atoms with van der Waals surface area (Å²) in [6.45, 7) is 5.21. The van der Waals surface area contributed by atoms with E-state index in [0.29, 0.717) is 19.2 Å². The third kappa shape index (κ3) is 4.53. The number of piperidine rings is 1. The molecule has 2 aliphatic rings. The van der Waals surface area contributed by atoms with Crippen molar-refractivity contribution in [3.05, 3.63) is 30.1 Å². The van der Waals surface area contributed by atoms with Crippen molar-refractivity contribution < 1.29 is 9.53 Å². The molecule has 0 radical (unpaired) electrons. The molecule has 2 saturated heterocycles. The van der Waals surface area contributed by atoms with Crippen LogP contribution in [0.25, 0.3) is 0 Å². The number of morpholine rings is 1. The Labute approximate surface area is 144 Å². The molecule has 0 bridgehead atoms. The summed E-state index contributed by atoms with van der Waals surface area (Å²) in [7, 11) is 1.93. The number of likely N-dealkylation sites (tertiary alicyclic amines) is 1. The van der Waals surface area contributed by atoms with Crippen molar-refractivity contribution in [3.63, 3.8) is 0 Å². The molecule has 2 fully saturated rings. The van der Waals surface area contributed by atoms with Gasteiger partial charge >= 0.3 is 0 Å². The molecule has 0 spiro atoms. The van der Waals surface area contributed by atoms with Crippen LogP contribution in [-0.2, 0) is 16.0 Å². The Hall–Kier alpha value is -1.50. The number of aromatic nitrogens is 1. The highest BCUT2D eigenvalue weighted by Gasteiger charge is 2.30. The highest BCUT2D eigenvalue weighted by atomic mass is 16.5. The Bertz CT molecular complexity index is 511. The fraction of sp³-hybridized carbons (Fsp3) is 0.667. The van der Waals surface area contributed by atoms with Crippen molar-refractivity contribution in [2.75, 3.05) is 46.4 Å². The number of hydrogen-bond acceptors (Lipinski definition) is 5. The molecule has 1 amide bonds. The first-order chi connectivity index (χ1) is 11.7. The number of nitrogens with one attached hydrogen (secondary N) is 1. The Kier molecular flexibility index (Phi) is 6.18. The Morgan fingerprint density at radius 2 is 2.25 bits per heavy atom. The number of pyridine rings is 1. The van der Waals surface area contributed by atoms with Gasteiger partial charge in [-0.05, 0) is 25.0 Å². The molecular weight excluding hydrogens is 304 g/mol. The Morgan fingerprint density at radius 3 is 2.92 bits per heavy atom. The summed E-state index contributed by atoms with van der Waals surface area (Å²) >= 11 is 0. The summed E-state index contributed by atoms with van der Waals surface area (Å²) in [5, 5.41) is 3.23. The van der Waals surface area contributed by atoms with E-state index in [0.717, 1.165) is 51.1 Å². The molecular formula is C18H28N4O2. The van der Waals surface area contributed by atoms with Gasteiger partial charge in [0.15, 0.2) is 0 Å². The molecule has 6 nitrogen and oxygen atoms in total. The first-order valence-corrected chi connectivity index (χ1v) is 8.95. The predicted octanol–water partition coefficient (Wildman–Crippen LogP) is 0.535. The minimum atomic E-state index is -0.314. The maximum absolute atomic E-state index is 12.5. The van der Waals surface area contributed by atoms with Crippen LogP contribution in [0.3, 0.4) is 0 Å². The van der Waals surface area contributed by atoms with Gasteiger partial charge in [0.25, 0.3) is 5.91 Å². The number of hydrogen-bond donors (Lipinski definition) is 1. The van der Waals surface area contributed by atoms with Crippen molar-refractivity contribution in [2.45, 2.75) is 31.4 Å². The quantitative estimate of drug-likeness (QED) is 0.853. The third-order valence-electron chi connectivity index (χ3n) is 5.07. The van der Waals surface area contributed by atoms with Gasteiger partial charge in [-0.1, -0.05) is 6.07 Å². The third-order valence-corrected chi connectivity index (χ3v) is 5.07. The van der Waals surface area contributed by atoms with Gasteiger partial charge in [0.2, 0.25) is 0 Å². The number of amides is 1. The first kappa shape index (κ1) is 17.3. The van der Waals surface area contributed by atoms with Crippen molar-refractivity contribution in [2.24, 2.45) is 0 Å². The molecule has 132 valence electrons. The van der Waals surface area contributed by atoms with Gasteiger partial charge in [0.1, 0.15) is 6.10 Å². The van der Waals surface area contributed by atoms with Crippen molar-refractivity contribution in [3.8, 4) is 0 Å². The highest BCUT2D eigenvalue weighted by molar-refractivity contribution is 5.81. The standard InChI is InChI=1S/C18H28N4O2/c1-21(18(23)17-14-19-9-13-24-17)16-6-11-22(12-7-16)10-5-15-4-2-3-8-20-15/h2-4,8,16-17,19H,5-7,9-14H2,1H3. The molecule has 24 heavy (non-hydrogen) atoms. The number of carbonyl (C=O) groups excluding carboxylic acids is 1. The van der Waals surface area contributed by atoms with E-state index in [1.807, 2.05) is 30.3 Å². The van der Waals surface area contributed by atoms with Crippen LogP contribution >= 0.6 is 0 Å². The minimum absolute atomic E-state index is 0.120. The van der Waals surface area contributed by atoms with E-state index in [1.54, 1.807) is 0 Å². The lowest BCUT2D eigenvalue weighted by atomic mass is 10.0. The lowest BCUT2D eigenvalue weighted by Crippen LogP contribution is -2.53. The zero-order valence-corrected chi connectivity index (χ0v) is 14.5. The molecule has 6 heteroatoms. The van der Waals surface area contributed by atoms with E-state index < -0.39 is 0 Å². The van der Waals surface area contributed by atoms with Crippen LogP contribution in [0.15, 0.2) is 24.4 Å². The van der Waals surface area contributed by atoms with Crippen LogP contribution < -0.4 is 5.32 Å². The van der Waals surface area contributed by atoms with Crippen molar-refractivity contribution in [1.29, 1.82) is 0 Å². The molecule has 2 aliphatic heterocycles. The van der Waals surface area contributed by atoms with E-state index in [2.05, 4.69) is 21.3 Å². The maximum Gasteiger partial charge on any atom is 0.253 e. The van der Waals surface area contributed by atoms with Crippen molar-refractivity contribution >= 4 is 5.91 Å². The molecule has 0 saturated carbocycles. The monoisotopic (exact) mass is 332 g/mol. The molecule has 0 aliphatic carbocycles. The minimum Gasteiger partial charge on any atom is -0.366 e. The lowest BCUT2D eigenvalue weighted by molar-refractivity contribution is -0.146. The average molecular weight is 332 g/mol. The van der Waals surface area contributed by atoms with Gasteiger partial charge in [-0.15, -0.1) is 0 Å². The Morgan fingerprint density at radius 1 is 1.42 bits per heavy atom. The fourth-order valence-electron chi connectivity index (χ4n) is 3.48. The van der Waals surface area contributed by atoms with Crippen LogP contribution in [0.2, 0.25) is 0 Å². The first-order valence-electron chi connectivity index (χ1n) is 8.95. The van der Waals surface area contributed by atoms with Gasteiger partial charge in [-0.3, -0.25) is 9.78 Å². The molecule has 1 aromatic rings. The van der Waals surface area contributed by atoms with Gasteiger partial charge in [0, 0.05) is 64.1 Å². The van der Waals surface area contributed by atoms with Crippen molar-refractivity contribution in [1.82, 2.24) is 20.1 Å². The summed E-state index contributed by atoms with van der Waals surface area (Å²) in [6.07, 6.45) is 4.59. The number of carbonyl (C=O) groups is 1. The second-order valence-electron chi connectivity index (χ2n) is 6.66. The molecule has 1 N–H and O–H groups in total. The fourth-order valence-corrected chi connectivity index (χ4v) is 3.48. The largest absolute Gasteiger partial charge is 0.366 e. The van der Waals surface area contributed by atoms with E-state index >= 15 is 0 Å². The molecule has 0 aromatic carbocycles. The average Bonchev–Trinajstić information content (AvgIpc) is 2.67. The van der Waals surface area contributed by atoms with Crippen LogP contribution in [0.1, 0.15) is 18.5 Å². The number of rotatable bonds is 5. The van der Waals surface area contributed by atoms with E-state index in [4.69, 9.17) is 4.74 Å². The molecule has 1 atom stereocenters. The van der Waals surface area contributed by atoms with Gasteiger partial charge < -0.3 is 19.9 Å². The summed E-state index contributed by atoms with van der Waals surface area (Å²) in [5.41, 5.74) is 1.15. The summed E-state index contributed by atoms with van der Waals surface area (Å²) in [5.74, 6) is 0.120.